The van der Waals surface area contributed by atoms with Crippen LogP contribution in [0.15, 0.2) is 45.2 Å². The first-order valence-corrected chi connectivity index (χ1v) is 9.48. The van der Waals surface area contributed by atoms with Crippen LogP contribution in [0.5, 0.6) is 0 Å². The highest BCUT2D eigenvalue weighted by Gasteiger charge is 2.26. The molecule has 24 heavy (non-hydrogen) atoms. The third kappa shape index (κ3) is 4.80. The van der Waals surface area contributed by atoms with Gasteiger partial charge in [0.1, 0.15) is 5.76 Å². The number of furan rings is 1. The van der Waals surface area contributed by atoms with Crippen molar-refractivity contribution in [1.29, 1.82) is 0 Å². The summed E-state index contributed by atoms with van der Waals surface area (Å²) in [6.07, 6.45) is 4.65. The molecule has 1 aliphatic heterocycles. The summed E-state index contributed by atoms with van der Waals surface area (Å²) in [5.74, 6) is 0.913. The van der Waals surface area contributed by atoms with Gasteiger partial charge in [0.05, 0.1) is 6.26 Å². The standard InChI is InChI=1S/C19H26N2O2S/c1-16(11-19-3-2-9-23-19)12-20-6-7-21(18(14-20)4-8-22)13-17-5-10-24-15-17/h2-3,5,9-11,15,18,22H,4,6-8,12-14H2,1H3/b16-11+/t18-/m1/s1. The lowest BCUT2D eigenvalue weighted by molar-refractivity contribution is 0.0586. The number of nitrogens with zero attached hydrogens (tertiary/aromatic N) is 2. The third-order valence-corrected chi connectivity index (χ3v) is 5.25. The van der Waals surface area contributed by atoms with Crippen LogP contribution < -0.4 is 0 Å². The molecule has 0 bridgehead atoms. The number of hydrogen-bond acceptors (Lipinski definition) is 5. The minimum Gasteiger partial charge on any atom is -0.465 e. The molecule has 1 atom stereocenters. The molecule has 0 amide bonds. The monoisotopic (exact) mass is 346 g/mol. The molecule has 2 aromatic heterocycles. The Hall–Kier alpha value is -1.40. The smallest absolute Gasteiger partial charge is 0.126 e. The van der Waals surface area contributed by atoms with Crippen molar-refractivity contribution in [3.63, 3.8) is 0 Å². The van der Waals surface area contributed by atoms with Crippen molar-refractivity contribution in [3.8, 4) is 0 Å². The second-order valence-corrected chi connectivity index (χ2v) is 7.29. The molecule has 0 aliphatic carbocycles. The molecule has 3 heterocycles. The van der Waals surface area contributed by atoms with Crippen molar-refractivity contribution < 1.29 is 9.52 Å². The highest BCUT2D eigenvalue weighted by molar-refractivity contribution is 7.07. The summed E-state index contributed by atoms with van der Waals surface area (Å²) in [6, 6.07) is 6.51. The summed E-state index contributed by atoms with van der Waals surface area (Å²) in [5, 5.41) is 13.8. The Balaban J connectivity index is 1.57. The van der Waals surface area contributed by atoms with E-state index in [0.29, 0.717) is 6.04 Å². The molecule has 2 aromatic rings. The van der Waals surface area contributed by atoms with Crippen molar-refractivity contribution in [3.05, 3.63) is 52.1 Å². The minimum atomic E-state index is 0.250. The van der Waals surface area contributed by atoms with Crippen LogP contribution in [0.4, 0.5) is 0 Å². The fraction of sp³-hybridized carbons (Fsp3) is 0.474. The maximum atomic E-state index is 9.43. The molecule has 1 fully saturated rings. The van der Waals surface area contributed by atoms with Gasteiger partial charge in [0.2, 0.25) is 0 Å². The van der Waals surface area contributed by atoms with E-state index in [-0.39, 0.29) is 6.61 Å². The zero-order valence-corrected chi connectivity index (χ0v) is 15.0. The van der Waals surface area contributed by atoms with Gasteiger partial charge < -0.3 is 9.52 Å². The number of aliphatic hydroxyl groups is 1. The number of aliphatic hydroxyl groups excluding tert-OH is 1. The van der Waals surface area contributed by atoms with Gasteiger partial charge in [-0.3, -0.25) is 9.80 Å². The normalized spacial score (nSPS) is 20.6. The topological polar surface area (TPSA) is 39.9 Å². The molecule has 130 valence electrons. The first-order chi connectivity index (χ1) is 11.7. The number of rotatable bonds is 7. The van der Waals surface area contributed by atoms with Crippen LogP contribution >= 0.6 is 11.3 Å². The summed E-state index contributed by atoms with van der Waals surface area (Å²) in [7, 11) is 0. The van der Waals surface area contributed by atoms with Crippen molar-refractivity contribution >= 4 is 17.4 Å². The van der Waals surface area contributed by atoms with Gasteiger partial charge in [-0.25, -0.2) is 0 Å². The van der Waals surface area contributed by atoms with Gasteiger partial charge in [-0.1, -0.05) is 5.57 Å². The van der Waals surface area contributed by atoms with E-state index in [2.05, 4.69) is 39.6 Å². The number of hydrogen-bond donors (Lipinski definition) is 1. The Labute approximate surface area is 148 Å². The summed E-state index contributed by atoms with van der Waals surface area (Å²) < 4.78 is 5.39. The van der Waals surface area contributed by atoms with E-state index >= 15 is 0 Å². The molecular formula is C19H26N2O2S. The Morgan fingerprint density at radius 1 is 1.42 bits per heavy atom. The molecule has 0 spiro atoms. The van der Waals surface area contributed by atoms with Crippen molar-refractivity contribution in [2.45, 2.75) is 25.9 Å². The van der Waals surface area contributed by atoms with Gasteiger partial charge in [0.25, 0.3) is 0 Å². The molecule has 0 saturated carbocycles. The fourth-order valence-electron chi connectivity index (χ4n) is 3.36. The predicted molar refractivity (Wildman–Crippen MR) is 99.0 cm³/mol. The first-order valence-electron chi connectivity index (χ1n) is 8.53. The lowest BCUT2D eigenvalue weighted by atomic mass is 10.1. The van der Waals surface area contributed by atoms with Crippen LogP contribution in [0.2, 0.25) is 0 Å². The zero-order chi connectivity index (χ0) is 16.8. The van der Waals surface area contributed by atoms with E-state index in [1.807, 2.05) is 12.1 Å². The molecule has 0 unspecified atom stereocenters. The molecule has 1 saturated heterocycles. The number of piperazine rings is 1. The molecule has 3 rings (SSSR count). The molecule has 5 heteroatoms. The molecule has 1 aliphatic rings. The average molecular weight is 346 g/mol. The highest BCUT2D eigenvalue weighted by Crippen LogP contribution is 2.19. The molecule has 4 nitrogen and oxygen atoms in total. The lowest BCUT2D eigenvalue weighted by Crippen LogP contribution is -2.53. The van der Waals surface area contributed by atoms with E-state index < -0.39 is 0 Å². The summed E-state index contributed by atoms with van der Waals surface area (Å²) >= 11 is 1.75. The molecule has 0 aromatic carbocycles. The molecule has 1 N–H and O–H groups in total. The molecule has 0 radical (unpaired) electrons. The minimum absolute atomic E-state index is 0.250. The largest absolute Gasteiger partial charge is 0.465 e. The average Bonchev–Trinajstić information content (AvgIpc) is 3.24. The quantitative estimate of drug-likeness (QED) is 0.835. The van der Waals surface area contributed by atoms with Crippen LogP contribution in [0.3, 0.4) is 0 Å². The van der Waals surface area contributed by atoms with Gasteiger partial charge in [-0.05, 0) is 53.9 Å². The Morgan fingerprint density at radius 2 is 2.33 bits per heavy atom. The maximum absolute atomic E-state index is 9.43. The lowest BCUT2D eigenvalue weighted by Gasteiger charge is -2.41. The third-order valence-electron chi connectivity index (χ3n) is 4.52. The maximum Gasteiger partial charge on any atom is 0.126 e. The zero-order valence-electron chi connectivity index (χ0n) is 14.2. The van der Waals surface area contributed by atoms with E-state index in [9.17, 15) is 5.11 Å². The highest BCUT2D eigenvalue weighted by atomic mass is 32.1. The SMILES string of the molecule is C/C(=C\c1ccco1)CN1CCN(Cc2ccsc2)[C@H](CCO)C1. The fourth-order valence-corrected chi connectivity index (χ4v) is 4.02. The Bertz CT molecular complexity index is 622. The van der Waals surface area contributed by atoms with E-state index in [1.165, 1.54) is 11.1 Å². The van der Waals surface area contributed by atoms with Crippen LogP contribution in [-0.2, 0) is 6.54 Å². The van der Waals surface area contributed by atoms with Crippen LogP contribution in [-0.4, -0.2) is 53.7 Å². The van der Waals surface area contributed by atoms with Crippen molar-refractivity contribution in [2.75, 3.05) is 32.8 Å². The second-order valence-electron chi connectivity index (χ2n) is 6.51. The Kier molecular flexibility index (Phi) is 6.26. The second kappa shape index (κ2) is 8.62. The predicted octanol–water partition coefficient (Wildman–Crippen LogP) is 3.31. The van der Waals surface area contributed by atoms with E-state index in [0.717, 1.165) is 44.9 Å². The first kappa shape index (κ1) is 17.4. The Morgan fingerprint density at radius 3 is 3.04 bits per heavy atom. The summed E-state index contributed by atoms with van der Waals surface area (Å²) in [6.45, 7) is 7.47. The van der Waals surface area contributed by atoms with Gasteiger partial charge in [0, 0.05) is 45.4 Å². The van der Waals surface area contributed by atoms with E-state index in [1.54, 1.807) is 17.6 Å². The summed E-state index contributed by atoms with van der Waals surface area (Å²) in [4.78, 5) is 5.00. The van der Waals surface area contributed by atoms with Gasteiger partial charge in [-0.15, -0.1) is 0 Å². The van der Waals surface area contributed by atoms with Crippen LogP contribution in [0.25, 0.3) is 6.08 Å². The van der Waals surface area contributed by atoms with Crippen molar-refractivity contribution in [1.82, 2.24) is 9.80 Å². The summed E-state index contributed by atoms with van der Waals surface area (Å²) in [5.41, 5.74) is 2.68. The van der Waals surface area contributed by atoms with Crippen molar-refractivity contribution in [2.24, 2.45) is 0 Å². The van der Waals surface area contributed by atoms with Gasteiger partial charge >= 0.3 is 0 Å². The van der Waals surface area contributed by atoms with Gasteiger partial charge in [-0.2, -0.15) is 11.3 Å². The number of thiophene rings is 1. The molecular weight excluding hydrogens is 320 g/mol. The van der Waals surface area contributed by atoms with Crippen LogP contribution in [0.1, 0.15) is 24.7 Å². The van der Waals surface area contributed by atoms with Crippen LogP contribution in [0, 0.1) is 0 Å². The van der Waals surface area contributed by atoms with E-state index in [4.69, 9.17) is 4.42 Å². The van der Waals surface area contributed by atoms with Gasteiger partial charge in [0.15, 0.2) is 0 Å².